The van der Waals surface area contributed by atoms with Gasteiger partial charge < -0.3 is 8.83 Å². The third-order valence-electron chi connectivity index (χ3n) is 2.19. The fraction of sp³-hybridized carbons (Fsp3) is 0. The number of nitrogens with one attached hydrogen (secondary N) is 2. The first-order valence-corrected chi connectivity index (χ1v) is 4.69. The highest BCUT2D eigenvalue weighted by Gasteiger charge is 2.01. The summed E-state index contributed by atoms with van der Waals surface area (Å²) in [5.41, 5.74) is 11.9. The molecule has 0 aliphatic rings. The normalized spacial score (nSPS) is 9.65. The summed E-state index contributed by atoms with van der Waals surface area (Å²) in [5.74, 6) is 0. The Labute approximate surface area is 94.5 Å². The van der Waals surface area contributed by atoms with Crippen molar-refractivity contribution in [1.82, 2.24) is 4.91 Å². The van der Waals surface area contributed by atoms with Crippen molar-refractivity contribution in [3.8, 4) is 0 Å². The predicted octanol–water partition coefficient (Wildman–Crippen LogP) is 2.65. The molecular weight excluding hydrogens is 222 g/mol. The summed E-state index contributed by atoms with van der Waals surface area (Å²) in [6, 6.07) is 8.69. The Bertz CT molecular complexity index is 751. The molecule has 3 aromatic rings. The molecule has 0 saturated heterocycles. The number of nitrogens with zero attached hydrogens (tertiary/aromatic N) is 1. The molecule has 0 saturated carbocycles. The van der Waals surface area contributed by atoms with Gasteiger partial charge in [0.25, 0.3) is 0 Å². The number of benzene rings is 1. The maximum absolute atomic E-state index is 11.0. The second-order valence-corrected chi connectivity index (χ2v) is 3.21. The first-order valence-electron chi connectivity index (χ1n) is 4.69. The molecule has 0 radical (unpaired) electrons. The Kier molecular flexibility index (Phi) is 2.81. The van der Waals surface area contributed by atoms with Gasteiger partial charge in [0.05, 0.1) is 6.26 Å². The monoisotopic (exact) mass is 230 g/mol. The summed E-state index contributed by atoms with van der Waals surface area (Å²) >= 11 is 0. The van der Waals surface area contributed by atoms with E-state index in [4.69, 9.17) is 19.9 Å². The minimum absolute atomic E-state index is 0.344. The van der Waals surface area contributed by atoms with Gasteiger partial charge in [0.1, 0.15) is 22.2 Å². The molecule has 0 fully saturated rings. The van der Waals surface area contributed by atoms with E-state index in [9.17, 15) is 4.79 Å². The minimum Gasteiger partial charge on any atom is -0.464 e. The van der Waals surface area contributed by atoms with Crippen LogP contribution in [0.3, 0.4) is 0 Å². The number of hydrogen-bond donors (Lipinski definition) is 2. The van der Waals surface area contributed by atoms with Crippen molar-refractivity contribution >= 4 is 21.9 Å². The molecule has 6 nitrogen and oxygen atoms in total. The van der Waals surface area contributed by atoms with E-state index in [2.05, 4.69) is 0 Å². The average molecular weight is 230 g/mol. The van der Waals surface area contributed by atoms with Crippen LogP contribution in [0, 0.1) is 11.1 Å². The fourth-order valence-electron chi connectivity index (χ4n) is 1.53. The first-order chi connectivity index (χ1) is 8.24. The summed E-state index contributed by atoms with van der Waals surface area (Å²) in [5, 5.41) is 1.91. The Morgan fingerprint density at radius 2 is 1.71 bits per heavy atom. The standard InChI is InChI=1S/C11H6O3.H2N3/c12-11-2-1-7-5-8-3-4-13-9(8)6-10(7)14-11;1-3-2/h1-6H;1-2H/q;+1. The summed E-state index contributed by atoms with van der Waals surface area (Å²) in [6.07, 6.45) is 1.61. The quantitative estimate of drug-likeness (QED) is 0.352. The second-order valence-electron chi connectivity index (χ2n) is 3.21. The van der Waals surface area contributed by atoms with Crippen molar-refractivity contribution < 1.29 is 8.83 Å². The Hall–Kier alpha value is -2.72. The molecule has 2 heterocycles. The van der Waals surface area contributed by atoms with E-state index in [1.807, 2.05) is 17.0 Å². The maximum atomic E-state index is 11.0. The second kappa shape index (κ2) is 4.42. The molecule has 0 spiro atoms. The van der Waals surface area contributed by atoms with Crippen LogP contribution >= 0.6 is 0 Å². The van der Waals surface area contributed by atoms with Crippen LogP contribution in [0.5, 0.6) is 0 Å². The molecule has 0 aliphatic carbocycles. The van der Waals surface area contributed by atoms with Gasteiger partial charge in [-0.05, 0) is 18.2 Å². The van der Waals surface area contributed by atoms with Crippen LogP contribution in [0.4, 0.5) is 0 Å². The minimum atomic E-state index is -0.344. The van der Waals surface area contributed by atoms with Gasteiger partial charge in [0.2, 0.25) is 4.91 Å². The molecule has 0 aliphatic heterocycles. The van der Waals surface area contributed by atoms with Crippen LogP contribution in [-0.2, 0) is 0 Å². The molecule has 6 heteroatoms. The molecule has 0 unspecified atom stereocenters. The third kappa shape index (κ3) is 2.11. The van der Waals surface area contributed by atoms with E-state index in [1.165, 1.54) is 6.07 Å². The van der Waals surface area contributed by atoms with Gasteiger partial charge in [-0.3, -0.25) is 0 Å². The van der Waals surface area contributed by atoms with E-state index in [1.54, 1.807) is 18.4 Å². The molecule has 17 heavy (non-hydrogen) atoms. The van der Waals surface area contributed by atoms with E-state index in [-0.39, 0.29) is 5.63 Å². The molecule has 0 atom stereocenters. The number of fused-ring (bicyclic) bond motifs is 2. The summed E-state index contributed by atoms with van der Waals surface area (Å²) in [4.78, 5) is 13.0. The highest BCUT2D eigenvalue weighted by atomic mass is 16.4. The van der Waals surface area contributed by atoms with E-state index < -0.39 is 0 Å². The zero-order chi connectivity index (χ0) is 12.3. The van der Waals surface area contributed by atoms with Crippen molar-refractivity contribution in [2.24, 2.45) is 0 Å². The van der Waals surface area contributed by atoms with Crippen molar-refractivity contribution in [2.45, 2.75) is 0 Å². The molecule has 3 rings (SSSR count). The van der Waals surface area contributed by atoms with Crippen molar-refractivity contribution in [1.29, 1.82) is 11.1 Å². The van der Waals surface area contributed by atoms with E-state index in [0.29, 0.717) is 5.58 Å². The molecule has 0 amide bonds. The summed E-state index contributed by atoms with van der Waals surface area (Å²) in [6.45, 7) is 0. The predicted molar refractivity (Wildman–Crippen MR) is 59.8 cm³/mol. The van der Waals surface area contributed by atoms with E-state index >= 15 is 0 Å². The lowest BCUT2D eigenvalue weighted by Crippen LogP contribution is -1.93. The summed E-state index contributed by atoms with van der Waals surface area (Å²) < 4.78 is 10.2. The lowest BCUT2D eigenvalue weighted by molar-refractivity contribution is 0.559. The molecule has 1 aromatic carbocycles. The molecule has 2 aromatic heterocycles. The van der Waals surface area contributed by atoms with Gasteiger partial charge in [-0.2, -0.15) is 0 Å². The van der Waals surface area contributed by atoms with Crippen molar-refractivity contribution in [3.05, 3.63) is 47.0 Å². The average Bonchev–Trinajstić information content (AvgIpc) is 2.74. The Morgan fingerprint density at radius 1 is 1.00 bits per heavy atom. The van der Waals surface area contributed by atoms with Crippen LogP contribution in [0.2, 0.25) is 0 Å². The lowest BCUT2D eigenvalue weighted by Gasteiger charge is -1.94. The Balaban J connectivity index is 0.000000329. The van der Waals surface area contributed by atoms with Crippen LogP contribution in [0.15, 0.2) is 50.2 Å². The largest absolute Gasteiger partial charge is 0.464 e. The van der Waals surface area contributed by atoms with Gasteiger partial charge in [0.15, 0.2) is 0 Å². The van der Waals surface area contributed by atoms with Crippen LogP contribution in [0.1, 0.15) is 0 Å². The van der Waals surface area contributed by atoms with Crippen LogP contribution in [-0.4, -0.2) is 0 Å². The Morgan fingerprint density at radius 3 is 2.47 bits per heavy atom. The number of rotatable bonds is 0. The van der Waals surface area contributed by atoms with Crippen LogP contribution < -0.4 is 10.5 Å². The maximum Gasteiger partial charge on any atom is 0.336 e. The molecule has 2 N–H and O–H groups in total. The number of furan rings is 1. The van der Waals surface area contributed by atoms with Gasteiger partial charge in [-0.1, -0.05) is 0 Å². The summed E-state index contributed by atoms with van der Waals surface area (Å²) in [7, 11) is 0. The van der Waals surface area contributed by atoms with Gasteiger partial charge in [-0.15, -0.1) is 0 Å². The third-order valence-corrected chi connectivity index (χ3v) is 2.19. The zero-order valence-electron chi connectivity index (χ0n) is 8.64. The van der Waals surface area contributed by atoms with Gasteiger partial charge >= 0.3 is 5.63 Å². The van der Waals surface area contributed by atoms with Crippen molar-refractivity contribution in [3.63, 3.8) is 0 Å². The highest BCUT2D eigenvalue weighted by Crippen LogP contribution is 2.22. The highest BCUT2D eigenvalue weighted by molar-refractivity contribution is 5.92. The topological polar surface area (TPSA) is 105 Å². The zero-order valence-corrected chi connectivity index (χ0v) is 8.64. The first kappa shape index (κ1) is 10.8. The molecule has 0 bridgehead atoms. The molecule has 84 valence electrons. The fourth-order valence-corrected chi connectivity index (χ4v) is 1.53. The van der Waals surface area contributed by atoms with Gasteiger partial charge in [-0.25, -0.2) is 4.79 Å². The lowest BCUT2D eigenvalue weighted by atomic mass is 10.2. The van der Waals surface area contributed by atoms with Crippen molar-refractivity contribution in [2.75, 3.05) is 0 Å². The van der Waals surface area contributed by atoms with Gasteiger partial charge in [0, 0.05) is 22.9 Å². The number of hydrogen-bond acceptors (Lipinski definition) is 5. The molecular formula is C11H8N3O3+. The smallest absolute Gasteiger partial charge is 0.336 e. The van der Waals surface area contributed by atoms with Crippen LogP contribution in [0.25, 0.3) is 21.9 Å². The SMILES string of the molecule is N=[N+]=N.O=c1ccc2cc3ccoc3cc2o1. The van der Waals surface area contributed by atoms with E-state index in [0.717, 1.165) is 16.4 Å².